The molecule has 1 aliphatic heterocycles. The third-order valence-corrected chi connectivity index (χ3v) is 4.63. The van der Waals surface area contributed by atoms with Crippen molar-refractivity contribution < 1.29 is 27.6 Å². The number of carbonyl (C=O) groups is 2. The summed E-state index contributed by atoms with van der Waals surface area (Å²) in [5.74, 6) is -2.55. The Kier molecular flexibility index (Phi) is 3.89. The maximum atomic E-state index is 12.5. The Balaban J connectivity index is 2.17. The number of halogens is 4. The van der Waals surface area contributed by atoms with Gasteiger partial charge < -0.3 is 0 Å². The number of imide groups is 1. The van der Waals surface area contributed by atoms with Crippen LogP contribution in [0.2, 0.25) is 0 Å². The first-order chi connectivity index (χ1) is 9.80. The molecule has 2 aliphatic rings. The van der Waals surface area contributed by atoms with Crippen LogP contribution in [-0.4, -0.2) is 29.7 Å². The molecule has 0 aromatic carbocycles. The summed E-state index contributed by atoms with van der Waals surface area (Å²) in [6.45, 7) is 6.65. The lowest BCUT2D eigenvalue weighted by atomic mass is 9.95. The van der Waals surface area contributed by atoms with Gasteiger partial charge in [-0.15, -0.1) is 0 Å². The average molecular weight is 340 g/mol. The Morgan fingerprint density at radius 3 is 2.32 bits per heavy atom. The second-order valence-electron chi connectivity index (χ2n) is 6.93. The Labute approximate surface area is 131 Å². The SMILES string of the molecule is CC1(C)CON(C(=O)C2C(/C=C(\Cl)C(F)(F)F)C2(C)C)C1=O. The Bertz CT molecular complexity index is 554. The van der Waals surface area contributed by atoms with E-state index in [9.17, 15) is 22.8 Å². The standard InChI is InChI=1S/C14H17ClF3NO3/c1-12(2)6-22-19(11(12)21)10(20)9-7(13(9,3)4)5-8(15)14(16,17)18/h5,7,9H,6H2,1-4H3/b8-5-. The molecule has 1 heterocycles. The molecule has 0 radical (unpaired) electrons. The van der Waals surface area contributed by atoms with Crippen molar-refractivity contribution in [3.63, 3.8) is 0 Å². The summed E-state index contributed by atoms with van der Waals surface area (Å²) >= 11 is 5.24. The van der Waals surface area contributed by atoms with Crippen LogP contribution in [0.15, 0.2) is 11.1 Å². The second kappa shape index (κ2) is 4.96. The van der Waals surface area contributed by atoms with Crippen molar-refractivity contribution in [1.82, 2.24) is 5.06 Å². The summed E-state index contributed by atoms with van der Waals surface area (Å²) in [4.78, 5) is 29.6. The lowest BCUT2D eigenvalue weighted by Gasteiger charge is -2.15. The molecule has 2 atom stereocenters. The highest BCUT2D eigenvalue weighted by atomic mass is 35.5. The molecule has 1 aliphatic carbocycles. The molecule has 2 unspecified atom stereocenters. The smallest absolute Gasteiger partial charge is 0.272 e. The quantitative estimate of drug-likeness (QED) is 0.725. The first kappa shape index (κ1) is 17.3. The number of hydrogen-bond donors (Lipinski definition) is 0. The number of rotatable bonds is 2. The first-order valence-corrected chi connectivity index (χ1v) is 7.14. The molecule has 0 bridgehead atoms. The molecule has 2 amide bonds. The molecule has 0 aromatic heterocycles. The van der Waals surface area contributed by atoms with Crippen LogP contribution in [0.4, 0.5) is 13.2 Å². The van der Waals surface area contributed by atoms with Crippen molar-refractivity contribution in [2.24, 2.45) is 22.7 Å². The molecule has 0 N–H and O–H groups in total. The van der Waals surface area contributed by atoms with Crippen LogP contribution in [0.1, 0.15) is 27.7 Å². The number of carbonyl (C=O) groups excluding carboxylic acids is 2. The topological polar surface area (TPSA) is 46.6 Å². The number of hydroxylamine groups is 2. The predicted molar refractivity (Wildman–Crippen MR) is 72.3 cm³/mol. The molecule has 8 heteroatoms. The molecule has 2 fully saturated rings. The molecule has 0 spiro atoms. The fourth-order valence-corrected chi connectivity index (χ4v) is 2.76. The van der Waals surface area contributed by atoms with E-state index in [1.54, 1.807) is 27.7 Å². The monoisotopic (exact) mass is 339 g/mol. The van der Waals surface area contributed by atoms with Crippen LogP contribution in [0.25, 0.3) is 0 Å². The zero-order chi connectivity index (χ0) is 17.1. The largest absolute Gasteiger partial charge is 0.426 e. The third-order valence-electron chi connectivity index (χ3n) is 4.29. The third kappa shape index (κ3) is 2.76. The van der Waals surface area contributed by atoms with Gasteiger partial charge in [0.25, 0.3) is 11.8 Å². The number of allylic oxidation sites excluding steroid dienone is 2. The van der Waals surface area contributed by atoms with Gasteiger partial charge in [-0.25, -0.2) is 0 Å². The van der Waals surface area contributed by atoms with Crippen LogP contribution in [0.5, 0.6) is 0 Å². The van der Waals surface area contributed by atoms with Gasteiger partial charge in [-0.1, -0.05) is 31.5 Å². The summed E-state index contributed by atoms with van der Waals surface area (Å²) < 4.78 is 37.5. The van der Waals surface area contributed by atoms with E-state index in [1.807, 2.05) is 0 Å². The maximum Gasteiger partial charge on any atom is 0.426 e. The second-order valence-corrected chi connectivity index (χ2v) is 7.34. The molecule has 0 aromatic rings. The van der Waals surface area contributed by atoms with Gasteiger partial charge in [0.2, 0.25) is 0 Å². The van der Waals surface area contributed by atoms with Crippen molar-refractivity contribution in [3.8, 4) is 0 Å². The molecule has 4 nitrogen and oxygen atoms in total. The number of nitrogens with zero attached hydrogens (tertiary/aromatic N) is 1. The van der Waals surface area contributed by atoms with Crippen molar-refractivity contribution in [3.05, 3.63) is 11.1 Å². The fraction of sp³-hybridized carbons (Fsp3) is 0.714. The number of hydrogen-bond acceptors (Lipinski definition) is 3. The molecule has 22 heavy (non-hydrogen) atoms. The number of amides is 2. The Morgan fingerprint density at radius 1 is 1.36 bits per heavy atom. The van der Waals surface area contributed by atoms with Gasteiger partial charge in [0.1, 0.15) is 5.03 Å². The Morgan fingerprint density at radius 2 is 1.91 bits per heavy atom. The lowest BCUT2D eigenvalue weighted by molar-refractivity contribution is -0.180. The van der Waals surface area contributed by atoms with Crippen LogP contribution in [0.3, 0.4) is 0 Å². The van der Waals surface area contributed by atoms with Crippen LogP contribution < -0.4 is 0 Å². The summed E-state index contributed by atoms with van der Waals surface area (Å²) in [5, 5.41) is -0.572. The molecule has 1 saturated carbocycles. The van der Waals surface area contributed by atoms with Crippen molar-refractivity contribution in [2.45, 2.75) is 33.9 Å². The molecule has 2 rings (SSSR count). The predicted octanol–water partition coefficient (Wildman–Crippen LogP) is 3.27. The minimum Gasteiger partial charge on any atom is -0.272 e. The van der Waals surface area contributed by atoms with Crippen molar-refractivity contribution in [1.29, 1.82) is 0 Å². The lowest BCUT2D eigenvalue weighted by Crippen LogP contribution is -2.37. The van der Waals surface area contributed by atoms with Crippen LogP contribution in [-0.2, 0) is 14.4 Å². The van der Waals surface area contributed by atoms with E-state index < -0.39 is 45.7 Å². The van der Waals surface area contributed by atoms with Gasteiger partial charge in [0.15, 0.2) is 0 Å². The van der Waals surface area contributed by atoms with Gasteiger partial charge >= 0.3 is 6.18 Å². The molecule has 1 saturated heterocycles. The van der Waals surface area contributed by atoms with E-state index in [0.717, 1.165) is 6.08 Å². The van der Waals surface area contributed by atoms with Gasteiger partial charge in [-0.3, -0.25) is 14.4 Å². The highest BCUT2D eigenvalue weighted by Crippen LogP contribution is 2.61. The van der Waals surface area contributed by atoms with Crippen LogP contribution in [0, 0.1) is 22.7 Å². The van der Waals surface area contributed by atoms with E-state index in [0.29, 0.717) is 5.06 Å². The van der Waals surface area contributed by atoms with E-state index >= 15 is 0 Å². The summed E-state index contributed by atoms with van der Waals surface area (Å²) in [6, 6.07) is 0. The maximum absolute atomic E-state index is 12.5. The minimum absolute atomic E-state index is 0.0640. The number of alkyl halides is 3. The van der Waals surface area contributed by atoms with E-state index in [2.05, 4.69) is 0 Å². The molecule has 124 valence electrons. The van der Waals surface area contributed by atoms with Crippen LogP contribution >= 0.6 is 11.6 Å². The molecular weight excluding hydrogens is 323 g/mol. The zero-order valence-electron chi connectivity index (χ0n) is 12.6. The molecular formula is C14H17ClF3NO3. The summed E-state index contributed by atoms with van der Waals surface area (Å²) in [7, 11) is 0. The van der Waals surface area contributed by atoms with Crippen molar-refractivity contribution in [2.75, 3.05) is 6.61 Å². The highest BCUT2D eigenvalue weighted by molar-refractivity contribution is 6.30. The van der Waals surface area contributed by atoms with Gasteiger partial charge in [-0.2, -0.15) is 18.2 Å². The van der Waals surface area contributed by atoms with Gasteiger partial charge in [-0.05, 0) is 25.2 Å². The first-order valence-electron chi connectivity index (χ1n) is 6.76. The zero-order valence-corrected chi connectivity index (χ0v) is 13.4. The van der Waals surface area contributed by atoms with E-state index in [-0.39, 0.29) is 6.61 Å². The summed E-state index contributed by atoms with van der Waals surface area (Å²) in [6.07, 6.45) is -3.80. The van der Waals surface area contributed by atoms with E-state index in [1.165, 1.54) is 0 Å². The van der Waals surface area contributed by atoms with E-state index in [4.69, 9.17) is 16.4 Å². The highest BCUT2D eigenvalue weighted by Gasteiger charge is 2.64. The minimum atomic E-state index is -4.64. The van der Waals surface area contributed by atoms with Gasteiger partial charge in [0, 0.05) is 0 Å². The van der Waals surface area contributed by atoms with Gasteiger partial charge in [0.05, 0.1) is 17.9 Å². The summed E-state index contributed by atoms with van der Waals surface area (Å²) in [5.41, 5.74) is -1.53. The van der Waals surface area contributed by atoms with Crippen molar-refractivity contribution >= 4 is 23.4 Å². The Hall–Kier alpha value is -1.08. The normalized spacial score (nSPS) is 30.6. The fourth-order valence-electron chi connectivity index (χ4n) is 2.62. The average Bonchev–Trinajstić information content (AvgIpc) is 2.76.